The first-order valence-electron chi connectivity index (χ1n) is 8.68. The van der Waals surface area contributed by atoms with Crippen LogP contribution in [-0.4, -0.2) is 26.4 Å². The number of rotatable bonds is 8. The van der Waals surface area contributed by atoms with Gasteiger partial charge in [-0.2, -0.15) is 0 Å². The van der Waals surface area contributed by atoms with Crippen molar-refractivity contribution in [2.24, 2.45) is 0 Å². The summed E-state index contributed by atoms with van der Waals surface area (Å²) >= 11 is 1.44. The maximum absolute atomic E-state index is 12.2. The fraction of sp³-hybridized carbons (Fsp3) is 0.500. The number of hydrogen-bond acceptors (Lipinski definition) is 4. The zero-order valence-electron chi connectivity index (χ0n) is 14.1. The maximum Gasteiger partial charge on any atom is 0.234 e. The number of benzene rings is 1. The molecule has 1 amide bonds. The number of nitrogens with one attached hydrogen (secondary N) is 1. The molecule has 128 valence electrons. The Kier molecular flexibility index (Phi) is 5.91. The van der Waals surface area contributed by atoms with Crippen molar-refractivity contribution in [1.82, 2.24) is 14.8 Å². The second kappa shape index (κ2) is 8.33. The predicted octanol–water partition coefficient (Wildman–Crippen LogP) is 3.69. The molecule has 24 heavy (non-hydrogen) atoms. The Labute approximate surface area is 147 Å². The van der Waals surface area contributed by atoms with Gasteiger partial charge in [0.05, 0.1) is 5.75 Å². The molecule has 0 radical (unpaired) electrons. The lowest BCUT2D eigenvalue weighted by molar-refractivity contribution is -0.113. The normalized spacial score (nSPS) is 13.0. The Bertz CT molecular complexity index is 698. The number of aryl methyl sites for hydroxylation is 3. The Morgan fingerprint density at radius 1 is 1.29 bits per heavy atom. The van der Waals surface area contributed by atoms with Crippen LogP contribution in [0.5, 0.6) is 0 Å². The van der Waals surface area contributed by atoms with Crippen molar-refractivity contribution in [3.05, 3.63) is 35.7 Å². The number of carbonyl (C=O) groups excluding carboxylic acids is 1. The van der Waals surface area contributed by atoms with Gasteiger partial charge < -0.3 is 9.88 Å². The lowest BCUT2D eigenvalue weighted by Crippen LogP contribution is -2.14. The minimum atomic E-state index is 0.000977. The number of aromatic nitrogens is 3. The summed E-state index contributed by atoms with van der Waals surface area (Å²) in [6, 6.07) is 6.24. The number of nitrogens with zero attached hydrogens (tertiary/aromatic N) is 3. The van der Waals surface area contributed by atoms with Crippen LogP contribution in [0.3, 0.4) is 0 Å². The summed E-state index contributed by atoms with van der Waals surface area (Å²) in [4.78, 5) is 12.2. The maximum atomic E-state index is 12.2. The van der Waals surface area contributed by atoms with Gasteiger partial charge in [-0.05, 0) is 48.9 Å². The monoisotopic (exact) mass is 344 g/mol. The van der Waals surface area contributed by atoms with Gasteiger partial charge in [-0.1, -0.05) is 37.6 Å². The molecule has 1 aromatic carbocycles. The third-order valence-corrected chi connectivity index (χ3v) is 5.28. The summed E-state index contributed by atoms with van der Waals surface area (Å²) in [5.41, 5.74) is 3.68. The van der Waals surface area contributed by atoms with E-state index in [1.54, 1.807) is 6.33 Å². The van der Waals surface area contributed by atoms with Gasteiger partial charge in [-0.3, -0.25) is 4.79 Å². The summed E-state index contributed by atoms with van der Waals surface area (Å²) in [6.07, 6.45) is 8.74. The predicted molar refractivity (Wildman–Crippen MR) is 97.4 cm³/mol. The molecule has 1 aromatic heterocycles. The number of carbonyl (C=O) groups is 1. The van der Waals surface area contributed by atoms with Crippen LogP contribution in [0.25, 0.3) is 0 Å². The van der Waals surface area contributed by atoms with Gasteiger partial charge in [0.15, 0.2) is 5.16 Å². The molecule has 0 fully saturated rings. The standard InChI is InChI=1S/C18H24N4OS/c1-2-3-4-10-22-13-19-21-18(22)24-12-17(23)20-16-9-8-14-6-5-7-15(14)11-16/h8-9,11,13H,2-7,10,12H2,1H3,(H,20,23). The van der Waals surface area contributed by atoms with Crippen molar-refractivity contribution in [2.45, 2.75) is 57.1 Å². The second-order valence-electron chi connectivity index (χ2n) is 6.19. The zero-order valence-corrected chi connectivity index (χ0v) is 14.9. The molecule has 0 spiro atoms. The van der Waals surface area contributed by atoms with E-state index in [1.165, 1.54) is 42.2 Å². The van der Waals surface area contributed by atoms with Crippen molar-refractivity contribution in [3.63, 3.8) is 0 Å². The molecule has 0 saturated carbocycles. The molecular formula is C18H24N4OS. The van der Waals surface area contributed by atoms with Crippen LogP contribution in [-0.2, 0) is 24.2 Å². The number of thioether (sulfide) groups is 1. The van der Waals surface area contributed by atoms with Crippen LogP contribution in [0.15, 0.2) is 29.7 Å². The number of anilines is 1. The Hall–Kier alpha value is -1.82. The minimum Gasteiger partial charge on any atom is -0.325 e. The third kappa shape index (κ3) is 4.38. The first-order chi connectivity index (χ1) is 11.8. The smallest absolute Gasteiger partial charge is 0.234 e. The molecule has 0 bridgehead atoms. The van der Waals surface area contributed by atoms with Gasteiger partial charge in [0, 0.05) is 12.2 Å². The molecule has 0 aliphatic heterocycles. The lowest BCUT2D eigenvalue weighted by Gasteiger charge is -2.08. The molecule has 1 heterocycles. The first-order valence-corrected chi connectivity index (χ1v) is 9.67. The zero-order chi connectivity index (χ0) is 16.8. The van der Waals surface area contributed by atoms with Crippen molar-refractivity contribution in [1.29, 1.82) is 0 Å². The fourth-order valence-electron chi connectivity index (χ4n) is 3.02. The topological polar surface area (TPSA) is 59.8 Å². The molecule has 6 heteroatoms. The molecule has 3 rings (SSSR count). The summed E-state index contributed by atoms with van der Waals surface area (Å²) in [5.74, 6) is 0.352. The first kappa shape index (κ1) is 17.0. The van der Waals surface area contributed by atoms with E-state index in [1.807, 2.05) is 10.6 Å². The number of fused-ring (bicyclic) bond motifs is 1. The summed E-state index contributed by atoms with van der Waals surface area (Å²) in [5, 5.41) is 11.9. The lowest BCUT2D eigenvalue weighted by atomic mass is 10.1. The molecule has 1 aliphatic carbocycles. The fourth-order valence-corrected chi connectivity index (χ4v) is 3.76. The highest BCUT2D eigenvalue weighted by Gasteiger charge is 2.13. The molecule has 0 atom stereocenters. The van der Waals surface area contributed by atoms with Crippen LogP contribution in [0, 0.1) is 0 Å². The molecular weight excluding hydrogens is 320 g/mol. The van der Waals surface area contributed by atoms with Crippen molar-refractivity contribution in [2.75, 3.05) is 11.1 Å². The van der Waals surface area contributed by atoms with Crippen LogP contribution < -0.4 is 5.32 Å². The quantitative estimate of drug-likeness (QED) is 0.586. The van der Waals surface area contributed by atoms with Crippen LogP contribution in [0.1, 0.15) is 43.7 Å². The molecule has 5 nitrogen and oxygen atoms in total. The Morgan fingerprint density at radius 3 is 3.04 bits per heavy atom. The summed E-state index contributed by atoms with van der Waals surface area (Å²) in [7, 11) is 0. The Morgan fingerprint density at radius 2 is 2.17 bits per heavy atom. The highest BCUT2D eigenvalue weighted by Crippen LogP contribution is 2.25. The van der Waals surface area contributed by atoms with Gasteiger partial charge in [0.2, 0.25) is 5.91 Å². The van der Waals surface area contributed by atoms with Gasteiger partial charge in [0.1, 0.15) is 6.33 Å². The molecule has 2 aromatic rings. The summed E-state index contributed by atoms with van der Waals surface area (Å²) < 4.78 is 2.03. The van der Waals surface area contributed by atoms with Gasteiger partial charge >= 0.3 is 0 Å². The third-order valence-electron chi connectivity index (χ3n) is 4.30. The molecule has 1 N–H and O–H groups in total. The van der Waals surface area contributed by atoms with Crippen LogP contribution >= 0.6 is 11.8 Å². The van der Waals surface area contributed by atoms with E-state index in [0.29, 0.717) is 5.75 Å². The summed E-state index contributed by atoms with van der Waals surface area (Å²) in [6.45, 7) is 3.10. The van der Waals surface area contributed by atoms with Crippen LogP contribution in [0.2, 0.25) is 0 Å². The average molecular weight is 344 g/mol. The molecule has 0 saturated heterocycles. The number of hydrogen-bond donors (Lipinski definition) is 1. The van der Waals surface area contributed by atoms with E-state index in [9.17, 15) is 4.79 Å². The van der Waals surface area contributed by atoms with Gasteiger partial charge in [-0.25, -0.2) is 0 Å². The van der Waals surface area contributed by atoms with E-state index in [4.69, 9.17) is 0 Å². The number of amides is 1. The van der Waals surface area contributed by atoms with Gasteiger partial charge in [0.25, 0.3) is 0 Å². The van der Waals surface area contributed by atoms with Crippen molar-refractivity contribution >= 4 is 23.4 Å². The highest BCUT2D eigenvalue weighted by atomic mass is 32.2. The van der Waals surface area contributed by atoms with E-state index in [0.717, 1.165) is 36.7 Å². The molecule has 0 unspecified atom stereocenters. The van der Waals surface area contributed by atoms with Crippen molar-refractivity contribution < 1.29 is 4.79 Å². The Balaban J connectivity index is 1.50. The highest BCUT2D eigenvalue weighted by molar-refractivity contribution is 7.99. The van der Waals surface area contributed by atoms with Crippen molar-refractivity contribution in [3.8, 4) is 0 Å². The number of unbranched alkanes of at least 4 members (excludes halogenated alkanes) is 2. The average Bonchev–Trinajstić information content (AvgIpc) is 3.21. The molecule has 1 aliphatic rings. The van der Waals surface area contributed by atoms with Gasteiger partial charge in [-0.15, -0.1) is 10.2 Å². The van der Waals surface area contributed by atoms with E-state index in [2.05, 4.69) is 34.6 Å². The minimum absolute atomic E-state index is 0.000977. The van der Waals surface area contributed by atoms with Crippen LogP contribution in [0.4, 0.5) is 5.69 Å². The second-order valence-corrected chi connectivity index (χ2v) is 7.13. The van der Waals surface area contributed by atoms with E-state index < -0.39 is 0 Å². The van der Waals surface area contributed by atoms with E-state index in [-0.39, 0.29) is 5.91 Å². The van der Waals surface area contributed by atoms with E-state index >= 15 is 0 Å². The largest absolute Gasteiger partial charge is 0.325 e. The SMILES string of the molecule is CCCCCn1cnnc1SCC(=O)Nc1ccc2c(c1)CCC2.